The molecular weight excluding hydrogens is 451 g/mol. The van der Waals surface area contributed by atoms with Crippen LogP contribution in [0, 0.1) is 18.8 Å². The predicted octanol–water partition coefficient (Wildman–Crippen LogP) is 3.89. The summed E-state index contributed by atoms with van der Waals surface area (Å²) in [6, 6.07) is 5.44. The van der Waals surface area contributed by atoms with Gasteiger partial charge >= 0.3 is 0 Å². The first-order chi connectivity index (χ1) is 12.5. The Bertz CT molecular complexity index is 635. The first kappa shape index (κ1) is 24.0. The molecule has 1 aromatic heterocycles. The summed E-state index contributed by atoms with van der Waals surface area (Å²) in [5.74, 6) is 2.68. The van der Waals surface area contributed by atoms with E-state index in [1.54, 1.807) is 6.07 Å². The molecule has 1 saturated carbocycles. The van der Waals surface area contributed by atoms with Gasteiger partial charge < -0.3 is 14.8 Å². The Morgan fingerprint density at radius 3 is 2.59 bits per heavy atom. The molecule has 0 unspecified atom stereocenters. The van der Waals surface area contributed by atoms with Crippen molar-refractivity contribution in [3.8, 4) is 0 Å². The van der Waals surface area contributed by atoms with Gasteiger partial charge in [-0.2, -0.15) is 0 Å². The monoisotopic (exact) mass is 488 g/mol. The lowest BCUT2D eigenvalue weighted by Crippen LogP contribution is -2.42. The maximum absolute atomic E-state index is 11.9. The summed E-state index contributed by atoms with van der Waals surface area (Å²) in [7, 11) is 3.99. The molecule has 1 aliphatic carbocycles. The molecule has 1 aromatic rings. The average molecular weight is 488 g/mol. The largest absolute Gasteiger partial charge is 0.356 e. The molecular formula is C21H37IN4O. The molecule has 1 N–H and O–H groups in total. The second-order valence-electron chi connectivity index (χ2n) is 7.84. The van der Waals surface area contributed by atoms with Crippen LogP contribution in [0.15, 0.2) is 28.0 Å². The summed E-state index contributed by atoms with van der Waals surface area (Å²) in [6.45, 7) is 7.11. The zero-order chi connectivity index (χ0) is 18.9. The van der Waals surface area contributed by atoms with Crippen LogP contribution in [-0.4, -0.2) is 42.6 Å². The van der Waals surface area contributed by atoms with E-state index in [1.807, 2.05) is 30.7 Å². The van der Waals surface area contributed by atoms with Gasteiger partial charge in [-0.1, -0.05) is 25.8 Å². The highest BCUT2D eigenvalue weighted by atomic mass is 127. The molecule has 27 heavy (non-hydrogen) atoms. The Morgan fingerprint density at radius 2 is 1.96 bits per heavy atom. The summed E-state index contributed by atoms with van der Waals surface area (Å²) < 4.78 is 1.85. The van der Waals surface area contributed by atoms with E-state index in [1.165, 1.54) is 25.7 Å². The van der Waals surface area contributed by atoms with Crippen molar-refractivity contribution >= 4 is 29.9 Å². The Balaban J connectivity index is 0.00000364. The molecule has 6 heteroatoms. The summed E-state index contributed by atoms with van der Waals surface area (Å²) in [6.07, 6.45) is 7.42. The van der Waals surface area contributed by atoms with E-state index in [2.05, 4.69) is 29.2 Å². The van der Waals surface area contributed by atoms with Crippen molar-refractivity contribution < 1.29 is 0 Å². The molecule has 0 aromatic carbocycles. The van der Waals surface area contributed by atoms with E-state index in [-0.39, 0.29) is 29.5 Å². The highest BCUT2D eigenvalue weighted by Crippen LogP contribution is 2.28. The van der Waals surface area contributed by atoms with Gasteiger partial charge in [0.1, 0.15) is 0 Å². The van der Waals surface area contributed by atoms with E-state index < -0.39 is 0 Å². The molecule has 5 nitrogen and oxygen atoms in total. The van der Waals surface area contributed by atoms with Crippen LogP contribution in [0.5, 0.6) is 0 Å². The number of rotatable bonds is 7. The molecule has 0 saturated heterocycles. The van der Waals surface area contributed by atoms with Crippen LogP contribution >= 0.6 is 24.0 Å². The minimum atomic E-state index is 0. The van der Waals surface area contributed by atoms with E-state index >= 15 is 0 Å². The van der Waals surface area contributed by atoms with Gasteiger partial charge in [-0.15, -0.1) is 24.0 Å². The van der Waals surface area contributed by atoms with Crippen molar-refractivity contribution in [2.24, 2.45) is 16.8 Å². The molecule has 2 rings (SSSR count). The molecule has 0 aliphatic heterocycles. The number of unbranched alkanes of at least 4 members (excludes halogenated alkanes) is 1. The Hall–Kier alpha value is -1.05. The third-order valence-corrected chi connectivity index (χ3v) is 5.60. The number of pyridine rings is 1. The number of halogens is 1. The third kappa shape index (κ3) is 7.84. The predicted molar refractivity (Wildman–Crippen MR) is 125 cm³/mol. The molecule has 0 spiro atoms. The van der Waals surface area contributed by atoms with Crippen LogP contribution in [0.2, 0.25) is 0 Å². The summed E-state index contributed by atoms with van der Waals surface area (Å²) >= 11 is 0. The smallest absolute Gasteiger partial charge is 0.250 e. The molecule has 154 valence electrons. The van der Waals surface area contributed by atoms with Gasteiger partial charge in [0.25, 0.3) is 5.56 Å². The normalized spacial score (nSPS) is 20.1. The van der Waals surface area contributed by atoms with Crippen LogP contribution in [0.1, 0.15) is 51.1 Å². The molecule has 1 fully saturated rings. The number of guanidine groups is 1. The number of nitrogens with one attached hydrogen (secondary N) is 1. The van der Waals surface area contributed by atoms with E-state index in [0.29, 0.717) is 0 Å². The van der Waals surface area contributed by atoms with Gasteiger partial charge in [0.15, 0.2) is 5.96 Å². The highest BCUT2D eigenvalue weighted by molar-refractivity contribution is 14.0. The molecule has 1 aliphatic rings. The third-order valence-electron chi connectivity index (χ3n) is 5.60. The number of aromatic nitrogens is 1. The number of nitrogens with zero attached hydrogens (tertiary/aromatic N) is 3. The lowest BCUT2D eigenvalue weighted by atomic mass is 9.83. The van der Waals surface area contributed by atoms with Crippen molar-refractivity contribution in [3.63, 3.8) is 0 Å². The van der Waals surface area contributed by atoms with Gasteiger partial charge in [0, 0.05) is 45.5 Å². The van der Waals surface area contributed by atoms with Crippen LogP contribution in [0.3, 0.4) is 0 Å². The highest BCUT2D eigenvalue weighted by Gasteiger charge is 2.20. The van der Waals surface area contributed by atoms with Gasteiger partial charge in [0.2, 0.25) is 0 Å². The zero-order valence-electron chi connectivity index (χ0n) is 17.4. The van der Waals surface area contributed by atoms with Crippen LogP contribution in [0.25, 0.3) is 0 Å². The first-order valence-electron chi connectivity index (χ1n) is 10.1. The first-order valence-corrected chi connectivity index (χ1v) is 10.1. The van der Waals surface area contributed by atoms with E-state index in [9.17, 15) is 4.79 Å². The minimum absolute atomic E-state index is 0. The van der Waals surface area contributed by atoms with E-state index in [4.69, 9.17) is 0 Å². The van der Waals surface area contributed by atoms with Gasteiger partial charge in [-0.05, 0) is 50.5 Å². The topological polar surface area (TPSA) is 49.6 Å². The maximum atomic E-state index is 11.9. The van der Waals surface area contributed by atoms with Crippen molar-refractivity contribution in [2.45, 2.75) is 58.9 Å². The second-order valence-corrected chi connectivity index (χ2v) is 7.84. The zero-order valence-corrected chi connectivity index (χ0v) is 19.7. The van der Waals surface area contributed by atoms with Crippen molar-refractivity contribution in [2.75, 3.05) is 27.2 Å². The van der Waals surface area contributed by atoms with Crippen LogP contribution in [0.4, 0.5) is 0 Å². The number of aryl methyl sites for hydroxylation is 1. The fourth-order valence-corrected chi connectivity index (χ4v) is 3.88. The van der Waals surface area contributed by atoms with Gasteiger partial charge in [0.05, 0.1) is 0 Å². The molecule has 0 atom stereocenters. The summed E-state index contributed by atoms with van der Waals surface area (Å²) in [4.78, 5) is 18.6. The molecule has 0 bridgehead atoms. The molecule has 0 radical (unpaired) electrons. The Labute approximate surface area is 181 Å². The van der Waals surface area contributed by atoms with Crippen molar-refractivity contribution in [1.82, 2.24) is 14.8 Å². The van der Waals surface area contributed by atoms with Crippen LogP contribution < -0.4 is 10.9 Å². The fraction of sp³-hybridized carbons (Fsp3) is 0.714. The Morgan fingerprint density at radius 1 is 1.26 bits per heavy atom. The Kier molecular flexibility index (Phi) is 11.0. The number of hydrogen-bond donors (Lipinski definition) is 1. The van der Waals surface area contributed by atoms with Crippen LogP contribution in [-0.2, 0) is 6.54 Å². The van der Waals surface area contributed by atoms with Crippen molar-refractivity contribution in [1.29, 1.82) is 0 Å². The minimum Gasteiger partial charge on any atom is -0.356 e. The second kappa shape index (κ2) is 12.4. The maximum Gasteiger partial charge on any atom is 0.250 e. The van der Waals surface area contributed by atoms with Gasteiger partial charge in [-0.25, -0.2) is 0 Å². The lowest BCUT2D eigenvalue weighted by Gasteiger charge is -2.31. The standard InChI is InChI=1S/C21H36N4O.HI/c1-17-10-12-19(13-11-17)16-24(4)21(22-3)23-14-5-6-15-25-18(2)8-7-9-20(25)26;/h7-9,17,19H,5-6,10-16H2,1-4H3,(H,22,23);1H. The molecule has 0 amide bonds. The summed E-state index contributed by atoms with van der Waals surface area (Å²) in [5.41, 5.74) is 1.12. The lowest BCUT2D eigenvalue weighted by molar-refractivity contribution is 0.250. The number of hydrogen-bond acceptors (Lipinski definition) is 2. The SMILES string of the molecule is CN=C(NCCCCn1c(C)cccc1=O)N(C)CC1CCC(C)CC1.I. The summed E-state index contributed by atoms with van der Waals surface area (Å²) in [5, 5.41) is 3.47. The molecule has 1 heterocycles. The average Bonchev–Trinajstić information content (AvgIpc) is 2.62. The van der Waals surface area contributed by atoms with E-state index in [0.717, 1.165) is 56.0 Å². The van der Waals surface area contributed by atoms with Gasteiger partial charge in [-0.3, -0.25) is 9.79 Å². The quantitative estimate of drug-likeness (QED) is 0.274. The van der Waals surface area contributed by atoms with Crippen molar-refractivity contribution in [3.05, 3.63) is 34.2 Å². The number of aliphatic imine (C=N–C) groups is 1. The fourth-order valence-electron chi connectivity index (χ4n) is 3.88.